The van der Waals surface area contributed by atoms with Crippen LogP contribution < -0.4 is 5.11 Å². The molecular weight excluding hydrogens is 409 g/mol. The van der Waals surface area contributed by atoms with Gasteiger partial charge in [-0.1, -0.05) is 18.7 Å². The molecule has 0 aromatic rings. The third kappa shape index (κ3) is 5.36. The third-order valence-corrected chi connectivity index (χ3v) is 6.81. The van der Waals surface area contributed by atoms with Gasteiger partial charge in [-0.3, -0.25) is 19.3 Å². The molecule has 2 aliphatic heterocycles. The summed E-state index contributed by atoms with van der Waals surface area (Å²) in [6.45, 7) is 1.71. The average Bonchev–Trinajstić information content (AvgIpc) is 2.63. The normalized spacial score (nSPS) is 21.7. The molecule has 0 N–H and O–H groups in total. The first-order chi connectivity index (χ1) is 12.9. The van der Waals surface area contributed by atoms with Crippen LogP contribution in [-0.4, -0.2) is 52.4 Å². The summed E-state index contributed by atoms with van der Waals surface area (Å²) in [7, 11) is 0.789. The van der Waals surface area contributed by atoms with Gasteiger partial charge in [0.2, 0.25) is 5.91 Å². The minimum atomic E-state index is -1.47. The highest BCUT2D eigenvalue weighted by molar-refractivity contribution is 8.00. The number of carbonyl (C=O) groups excluding carboxylic acids is 4. The number of aliphatic carboxylic acids is 1. The molecule has 0 saturated carbocycles. The van der Waals surface area contributed by atoms with E-state index in [9.17, 15) is 24.3 Å². The van der Waals surface area contributed by atoms with E-state index >= 15 is 0 Å². The van der Waals surface area contributed by atoms with Crippen LogP contribution in [0.25, 0.3) is 0 Å². The Bertz CT molecular complexity index is 680. The summed E-state index contributed by atoms with van der Waals surface area (Å²) in [4.78, 5) is 48.8. The number of fused-ring (bicyclic) bond motifs is 1. The molecule has 2 rings (SSSR count). The Kier molecular flexibility index (Phi) is 8.38. The summed E-state index contributed by atoms with van der Waals surface area (Å²) in [6.07, 6.45) is 2.81. The van der Waals surface area contributed by atoms with Crippen LogP contribution in [0.3, 0.4) is 0 Å². The third-order valence-electron chi connectivity index (χ3n) is 4.36. The van der Waals surface area contributed by atoms with Crippen molar-refractivity contribution in [2.24, 2.45) is 5.92 Å². The highest BCUT2D eigenvalue weighted by Crippen LogP contribution is 2.45. The number of Topliss-reactive ketones (excluding diaryl/α,β-unsaturated/α-hetero) is 1. The van der Waals surface area contributed by atoms with E-state index < -0.39 is 17.9 Å². The Morgan fingerprint density at radius 1 is 1.37 bits per heavy atom. The Hall–Kier alpha value is -1.31. The molecule has 2 heterocycles. The van der Waals surface area contributed by atoms with Crippen LogP contribution in [-0.2, 0) is 35.7 Å². The second-order valence-corrected chi connectivity index (χ2v) is 8.95. The molecule has 2 aliphatic rings. The molecule has 1 amide bonds. The van der Waals surface area contributed by atoms with Gasteiger partial charge >= 0.3 is 5.97 Å². The molecule has 27 heavy (non-hydrogen) atoms. The number of ketones is 1. The Balaban J connectivity index is 2.02. The molecule has 1 fully saturated rings. The smallest absolute Gasteiger partial charge is 0.306 e. The van der Waals surface area contributed by atoms with E-state index in [-0.39, 0.29) is 42.2 Å². The van der Waals surface area contributed by atoms with E-state index in [2.05, 4.69) is 0 Å². The van der Waals surface area contributed by atoms with E-state index in [1.54, 1.807) is 0 Å². The van der Waals surface area contributed by atoms with E-state index in [0.717, 1.165) is 13.5 Å². The van der Waals surface area contributed by atoms with Gasteiger partial charge in [-0.25, -0.2) is 0 Å². The summed E-state index contributed by atoms with van der Waals surface area (Å²) >= 11 is 6.17. The number of hydrogen-bond donors (Lipinski definition) is 0. The molecule has 0 radical (unpaired) electrons. The second kappa shape index (κ2) is 10.3. The second-order valence-electron chi connectivity index (χ2n) is 6.37. The lowest BCUT2D eigenvalue weighted by atomic mass is 9.89. The van der Waals surface area contributed by atoms with E-state index in [1.807, 2.05) is 6.92 Å². The Labute approximate surface area is 168 Å². The van der Waals surface area contributed by atoms with Crippen LogP contribution in [0.4, 0.5) is 0 Å². The number of thioether (sulfide) groups is 1. The molecule has 7 nitrogen and oxygen atoms in total. The molecule has 0 aromatic carbocycles. The highest BCUT2D eigenvalue weighted by atomic mass is 32.4. The largest absolute Gasteiger partial charge is 0.543 e. The monoisotopic (exact) mass is 430 g/mol. The number of hydrogen-bond acceptors (Lipinski definition) is 8. The van der Waals surface area contributed by atoms with E-state index in [0.29, 0.717) is 30.6 Å². The predicted octanol–water partition coefficient (Wildman–Crippen LogP) is 1.01. The summed E-state index contributed by atoms with van der Waals surface area (Å²) < 4.78 is 5.14. The van der Waals surface area contributed by atoms with Crippen molar-refractivity contribution in [1.82, 2.24) is 4.90 Å². The lowest BCUT2D eigenvalue weighted by molar-refractivity contribution is -0.301. The number of esters is 1. The number of ether oxygens (including phenoxy) is 1. The highest BCUT2D eigenvalue weighted by Gasteiger charge is 2.52. The quantitative estimate of drug-likeness (QED) is 0.207. The van der Waals surface area contributed by atoms with Gasteiger partial charge in [-0.2, -0.15) is 0 Å². The van der Waals surface area contributed by atoms with Crippen LogP contribution in [0.5, 0.6) is 0 Å². The van der Waals surface area contributed by atoms with Gasteiger partial charge in [0.05, 0.1) is 23.0 Å². The van der Waals surface area contributed by atoms with Gasteiger partial charge in [0.1, 0.15) is 12.4 Å². The molecule has 1 saturated heterocycles. The van der Waals surface area contributed by atoms with Crippen molar-refractivity contribution in [3.05, 3.63) is 11.3 Å². The fourth-order valence-electron chi connectivity index (χ4n) is 3.07. The van der Waals surface area contributed by atoms with Crippen molar-refractivity contribution >= 4 is 54.6 Å². The van der Waals surface area contributed by atoms with E-state index in [1.165, 1.54) is 16.7 Å². The fourth-order valence-corrected chi connectivity index (χ4v) is 5.14. The molecule has 0 spiro atoms. The van der Waals surface area contributed by atoms with Crippen molar-refractivity contribution in [1.29, 1.82) is 0 Å². The first-order valence-electron chi connectivity index (χ1n) is 8.75. The zero-order valence-electron chi connectivity index (χ0n) is 15.0. The van der Waals surface area contributed by atoms with Crippen molar-refractivity contribution < 1.29 is 29.0 Å². The number of carbonyl (C=O) groups is 4. The maximum Gasteiger partial charge on any atom is 0.306 e. The van der Waals surface area contributed by atoms with Crippen LogP contribution in [0.2, 0.25) is 0 Å². The molecule has 10 heteroatoms. The molecular formula is C17H21NO6PS2-. The first kappa shape index (κ1) is 22.0. The SMILES string of the molecule is CCCC(=O)CC1C(=O)N2C(C(=O)[O-])=C(COC(=O)CCCP=S)CSC12. The number of β-lactam (4-membered cyclic amide) rings is 1. The summed E-state index contributed by atoms with van der Waals surface area (Å²) in [5.74, 6) is -2.46. The fraction of sp³-hybridized carbons (Fsp3) is 0.647. The molecule has 2 unspecified atom stereocenters. The van der Waals surface area contributed by atoms with Crippen molar-refractivity contribution in [2.75, 3.05) is 18.5 Å². The van der Waals surface area contributed by atoms with Gasteiger partial charge in [0.15, 0.2) is 0 Å². The number of carboxylic acids is 1. The van der Waals surface area contributed by atoms with E-state index in [4.69, 9.17) is 16.5 Å². The first-order valence-corrected chi connectivity index (χ1v) is 11.9. The maximum absolute atomic E-state index is 12.4. The minimum Gasteiger partial charge on any atom is -0.543 e. The molecule has 148 valence electrons. The standard InChI is InChI=1S/C17H22NO6PS2/c1-2-4-11(19)7-12-15(21)18-14(17(22)23)10(9-27-16(12)18)8-24-13(20)5-3-6-25-26/h12,16H,2-9H2,1H3,(H,22,23)/p-1. The minimum absolute atomic E-state index is 0.00766. The van der Waals surface area contributed by atoms with Crippen LogP contribution in [0, 0.1) is 5.92 Å². The maximum atomic E-state index is 12.4. The molecule has 0 aliphatic carbocycles. The number of carboxylic acid groups (broad SMARTS) is 1. The lowest BCUT2D eigenvalue weighted by Gasteiger charge is -2.50. The van der Waals surface area contributed by atoms with Gasteiger partial charge in [-0.05, 0) is 20.2 Å². The average molecular weight is 430 g/mol. The van der Waals surface area contributed by atoms with Gasteiger partial charge in [0, 0.05) is 36.8 Å². The lowest BCUT2D eigenvalue weighted by Crippen LogP contribution is -2.63. The van der Waals surface area contributed by atoms with Crippen LogP contribution in [0.1, 0.15) is 39.0 Å². The number of amides is 1. The van der Waals surface area contributed by atoms with Crippen LogP contribution in [0.15, 0.2) is 11.3 Å². The van der Waals surface area contributed by atoms with Gasteiger partial charge < -0.3 is 14.6 Å². The Morgan fingerprint density at radius 2 is 2.11 bits per heavy atom. The van der Waals surface area contributed by atoms with Gasteiger partial charge in [-0.15, -0.1) is 11.8 Å². The van der Waals surface area contributed by atoms with Crippen molar-refractivity contribution in [2.45, 2.75) is 44.4 Å². The summed E-state index contributed by atoms with van der Waals surface area (Å²) in [5, 5.41) is 11.2. The number of nitrogens with zero attached hydrogens (tertiary/aromatic N) is 1. The zero-order valence-corrected chi connectivity index (χ0v) is 17.5. The number of rotatable bonds is 11. The predicted molar refractivity (Wildman–Crippen MR) is 102 cm³/mol. The summed E-state index contributed by atoms with van der Waals surface area (Å²) in [6, 6.07) is 0. The van der Waals surface area contributed by atoms with Crippen molar-refractivity contribution in [3.8, 4) is 0 Å². The molecule has 2 atom stereocenters. The summed E-state index contributed by atoms with van der Waals surface area (Å²) in [5.41, 5.74) is 0.123. The zero-order chi connectivity index (χ0) is 20.0. The topological polar surface area (TPSA) is 104 Å². The molecule has 0 bridgehead atoms. The molecule has 0 aromatic heterocycles. The van der Waals surface area contributed by atoms with Crippen LogP contribution >= 0.6 is 19.1 Å². The Morgan fingerprint density at radius 3 is 2.74 bits per heavy atom. The van der Waals surface area contributed by atoms with Crippen molar-refractivity contribution in [3.63, 3.8) is 0 Å². The van der Waals surface area contributed by atoms with Gasteiger partial charge in [0.25, 0.3) is 0 Å².